The van der Waals surface area contributed by atoms with Gasteiger partial charge < -0.3 is 10.4 Å². The van der Waals surface area contributed by atoms with E-state index in [1.54, 1.807) is 0 Å². The number of benzene rings is 1. The second kappa shape index (κ2) is 6.95. The summed E-state index contributed by atoms with van der Waals surface area (Å²) in [6.07, 6.45) is 0.809. The number of aliphatic carboxylic acids is 1. The molecule has 1 unspecified atom stereocenters. The van der Waals surface area contributed by atoms with Gasteiger partial charge in [0.05, 0.1) is 24.3 Å². The third-order valence-corrected chi connectivity index (χ3v) is 4.71. The van der Waals surface area contributed by atoms with Crippen LogP contribution in [0.3, 0.4) is 0 Å². The van der Waals surface area contributed by atoms with Crippen LogP contribution in [0.25, 0.3) is 0 Å². The molecule has 1 aromatic rings. The third-order valence-electron chi connectivity index (χ3n) is 3.57. The number of rotatable bonds is 5. The van der Waals surface area contributed by atoms with E-state index in [0.717, 1.165) is 30.5 Å². The van der Waals surface area contributed by atoms with Crippen molar-refractivity contribution in [2.45, 2.75) is 6.04 Å². The van der Waals surface area contributed by atoms with Crippen LogP contribution in [0.4, 0.5) is 15.3 Å². The van der Waals surface area contributed by atoms with Crippen molar-refractivity contribution in [2.75, 3.05) is 19.3 Å². The minimum atomic E-state index is -3.85. The number of carboxylic acids is 1. The van der Waals surface area contributed by atoms with Gasteiger partial charge >= 0.3 is 18.0 Å². The Morgan fingerprint density at radius 3 is 2.27 bits per heavy atom. The van der Waals surface area contributed by atoms with Crippen LogP contribution >= 0.6 is 0 Å². The number of non-ortho nitro benzene ring substituents is 1. The van der Waals surface area contributed by atoms with Crippen LogP contribution in [0.2, 0.25) is 0 Å². The summed E-state index contributed by atoms with van der Waals surface area (Å²) < 4.78 is 23.4. The molecule has 1 aliphatic heterocycles. The lowest BCUT2D eigenvalue weighted by Gasteiger charge is -2.20. The fourth-order valence-corrected chi connectivity index (χ4v) is 3.09. The zero-order chi connectivity index (χ0) is 19.6. The highest BCUT2D eigenvalue weighted by Crippen LogP contribution is 2.20. The summed E-state index contributed by atoms with van der Waals surface area (Å²) in [7, 11) is -3.85. The smallest absolute Gasteiger partial charge is 0.341 e. The van der Waals surface area contributed by atoms with Crippen LogP contribution in [-0.2, 0) is 14.8 Å². The molecule has 0 aliphatic carbocycles. The van der Waals surface area contributed by atoms with Gasteiger partial charge in [-0.15, -0.1) is 0 Å². The summed E-state index contributed by atoms with van der Waals surface area (Å²) >= 11 is 0. The van der Waals surface area contributed by atoms with Gasteiger partial charge in [0.1, 0.15) is 0 Å². The first kappa shape index (κ1) is 19.1. The van der Waals surface area contributed by atoms with Crippen LogP contribution in [-0.4, -0.2) is 65.0 Å². The van der Waals surface area contributed by atoms with E-state index in [1.165, 1.54) is 0 Å². The predicted octanol–water partition coefficient (Wildman–Crippen LogP) is 0.127. The summed E-state index contributed by atoms with van der Waals surface area (Å²) in [6.45, 7) is -0.468. The Morgan fingerprint density at radius 1 is 1.27 bits per heavy atom. The third kappa shape index (κ3) is 3.88. The van der Waals surface area contributed by atoms with Crippen molar-refractivity contribution in [3.05, 3.63) is 39.9 Å². The molecule has 140 valence electrons. The Morgan fingerprint density at radius 2 is 1.85 bits per heavy atom. The first-order chi connectivity index (χ1) is 12.0. The number of nitro groups is 1. The van der Waals surface area contributed by atoms with Crippen molar-refractivity contribution >= 4 is 33.7 Å². The maximum Gasteiger partial charge on any atom is 0.341 e. The molecular weight excluding hydrogens is 372 g/mol. The Bertz CT molecular complexity index is 867. The fraction of sp³-hybridized carbons (Fsp3) is 0.308. The quantitative estimate of drug-likeness (QED) is 0.531. The van der Waals surface area contributed by atoms with Crippen LogP contribution < -0.4 is 5.32 Å². The zero-order valence-electron chi connectivity index (χ0n) is 13.4. The van der Waals surface area contributed by atoms with Crippen LogP contribution in [0.5, 0.6) is 0 Å². The first-order valence-corrected chi connectivity index (χ1v) is 8.94. The molecule has 0 saturated carbocycles. The molecule has 12 nitrogen and oxygen atoms in total. The number of amides is 4. The lowest BCUT2D eigenvalue weighted by Crippen LogP contribution is -2.46. The standard InChI is InChI=1S/C13H14N4O8S/c1-26(24,25)16-7-6-15(13(16)21)12(20)14-10(11(18)19)8-2-4-9(5-3-8)17(22)23/h2-5,10H,6-7H2,1H3,(H,14,20)(H,18,19). The highest BCUT2D eigenvalue weighted by molar-refractivity contribution is 7.88. The topological polar surface area (TPSA) is 167 Å². The average Bonchev–Trinajstić information content (AvgIpc) is 2.94. The van der Waals surface area contributed by atoms with Crippen molar-refractivity contribution in [3.8, 4) is 0 Å². The molecule has 2 N–H and O–H groups in total. The molecule has 26 heavy (non-hydrogen) atoms. The Kier molecular flexibility index (Phi) is 5.11. The molecular formula is C13H14N4O8S. The van der Waals surface area contributed by atoms with Gasteiger partial charge in [-0.25, -0.2) is 32.0 Å². The van der Waals surface area contributed by atoms with Crippen molar-refractivity contribution < 1.29 is 32.8 Å². The number of sulfonamides is 1. The molecule has 13 heteroatoms. The molecule has 1 atom stereocenters. The molecule has 1 aliphatic rings. The maximum atomic E-state index is 12.2. The van der Waals surface area contributed by atoms with Gasteiger partial charge in [-0.1, -0.05) is 0 Å². The average molecular weight is 386 g/mol. The number of nitrogens with zero attached hydrogens (tertiary/aromatic N) is 3. The highest BCUT2D eigenvalue weighted by atomic mass is 32.2. The van der Waals surface area contributed by atoms with Gasteiger partial charge in [-0.05, 0) is 17.7 Å². The second-order valence-corrected chi connectivity index (χ2v) is 7.25. The van der Waals surface area contributed by atoms with Gasteiger partial charge in [0, 0.05) is 12.1 Å². The lowest BCUT2D eigenvalue weighted by atomic mass is 10.1. The van der Waals surface area contributed by atoms with E-state index >= 15 is 0 Å². The monoisotopic (exact) mass is 386 g/mol. The number of hydrogen-bond acceptors (Lipinski definition) is 7. The number of carboxylic acid groups (broad SMARTS) is 1. The second-order valence-electron chi connectivity index (χ2n) is 5.34. The van der Waals surface area contributed by atoms with Gasteiger partial charge in [-0.2, -0.15) is 0 Å². The van der Waals surface area contributed by atoms with E-state index in [9.17, 15) is 38.0 Å². The van der Waals surface area contributed by atoms with Crippen LogP contribution in [0, 0.1) is 10.1 Å². The Labute approximate surface area is 147 Å². The van der Waals surface area contributed by atoms with E-state index in [2.05, 4.69) is 5.32 Å². The normalized spacial score (nSPS) is 15.7. The summed E-state index contributed by atoms with van der Waals surface area (Å²) in [5.41, 5.74) is -0.217. The summed E-state index contributed by atoms with van der Waals surface area (Å²) in [5.74, 6) is -1.46. The maximum absolute atomic E-state index is 12.2. The van der Waals surface area contributed by atoms with Crippen molar-refractivity contribution in [3.63, 3.8) is 0 Å². The van der Waals surface area contributed by atoms with E-state index in [-0.39, 0.29) is 24.3 Å². The number of imide groups is 1. The minimum absolute atomic E-state index is 0.0445. The molecule has 0 bridgehead atoms. The lowest BCUT2D eigenvalue weighted by molar-refractivity contribution is -0.384. The van der Waals surface area contributed by atoms with E-state index < -0.39 is 39.0 Å². The molecule has 0 spiro atoms. The zero-order valence-corrected chi connectivity index (χ0v) is 14.2. The van der Waals surface area contributed by atoms with Crippen molar-refractivity contribution in [2.24, 2.45) is 0 Å². The minimum Gasteiger partial charge on any atom is -0.479 e. The van der Waals surface area contributed by atoms with E-state index in [4.69, 9.17) is 0 Å². The van der Waals surface area contributed by atoms with Crippen molar-refractivity contribution in [1.82, 2.24) is 14.5 Å². The van der Waals surface area contributed by atoms with E-state index in [1.807, 2.05) is 0 Å². The highest BCUT2D eigenvalue weighted by Gasteiger charge is 2.39. The number of carbonyl (C=O) groups is 3. The van der Waals surface area contributed by atoms with Gasteiger partial charge in [0.2, 0.25) is 10.0 Å². The fourth-order valence-electron chi connectivity index (χ4n) is 2.29. The number of nitrogens with one attached hydrogen (secondary N) is 1. The molecule has 1 heterocycles. The molecule has 0 radical (unpaired) electrons. The molecule has 2 rings (SSSR count). The summed E-state index contributed by atoms with van der Waals surface area (Å²) in [6, 6.07) is 0.707. The number of urea groups is 2. The SMILES string of the molecule is CS(=O)(=O)N1CCN(C(=O)NC(C(=O)O)c2ccc([N+](=O)[O-])cc2)C1=O. The van der Waals surface area contributed by atoms with Crippen LogP contribution in [0.15, 0.2) is 24.3 Å². The number of carbonyl (C=O) groups excluding carboxylic acids is 2. The molecule has 1 fully saturated rings. The summed E-state index contributed by atoms with van der Waals surface area (Å²) in [4.78, 5) is 46.1. The Hall–Kier alpha value is -3.22. The van der Waals surface area contributed by atoms with Crippen LogP contribution in [0.1, 0.15) is 11.6 Å². The first-order valence-electron chi connectivity index (χ1n) is 7.09. The van der Waals surface area contributed by atoms with Crippen molar-refractivity contribution in [1.29, 1.82) is 0 Å². The number of nitro benzene ring substituents is 1. The van der Waals surface area contributed by atoms with Gasteiger partial charge in [-0.3, -0.25) is 10.1 Å². The molecule has 1 saturated heterocycles. The molecule has 0 aromatic heterocycles. The van der Waals surface area contributed by atoms with Gasteiger partial charge in [0.25, 0.3) is 5.69 Å². The largest absolute Gasteiger partial charge is 0.479 e. The summed E-state index contributed by atoms with van der Waals surface area (Å²) in [5, 5.41) is 22.0. The predicted molar refractivity (Wildman–Crippen MR) is 85.7 cm³/mol. The molecule has 1 aromatic carbocycles. The Balaban J connectivity index is 2.18. The van der Waals surface area contributed by atoms with E-state index in [0.29, 0.717) is 9.21 Å². The number of hydrogen-bond donors (Lipinski definition) is 2. The molecule has 4 amide bonds. The van der Waals surface area contributed by atoms with Gasteiger partial charge in [0.15, 0.2) is 6.04 Å².